The van der Waals surface area contributed by atoms with Crippen molar-refractivity contribution >= 4 is 11.7 Å². The molecule has 1 rings (SSSR count). The molecular weight excluding hydrogens is 226 g/mol. The van der Waals surface area contributed by atoms with E-state index in [1.165, 1.54) is 0 Å². The van der Waals surface area contributed by atoms with Crippen molar-refractivity contribution in [2.24, 2.45) is 5.92 Å². The van der Waals surface area contributed by atoms with Crippen LogP contribution in [0.2, 0.25) is 0 Å². The zero-order chi connectivity index (χ0) is 13.7. The Labute approximate surface area is 109 Å². The van der Waals surface area contributed by atoms with E-state index in [9.17, 15) is 4.79 Å². The summed E-state index contributed by atoms with van der Waals surface area (Å²) in [6.45, 7) is 6.54. The summed E-state index contributed by atoms with van der Waals surface area (Å²) in [6.07, 6.45) is 2.72. The normalized spacial score (nSPS) is 12.3. The maximum Gasteiger partial charge on any atom is 0.254 e. The number of pyridine rings is 1. The second-order valence-corrected chi connectivity index (χ2v) is 5.31. The van der Waals surface area contributed by atoms with E-state index in [4.69, 9.17) is 0 Å². The highest BCUT2D eigenvalue weighted by molar-refractivity contribution is 5.93. The maximum atomic E-state index is 11.7. The lowest BCUT2D eigenvalue weighted by Crippen LogP contribution is -2.22. The minimum absolute atomic E-state index is 0.0238. The Morgan fingerprint density at radius 1 is 1.33 bits per heavy atom. The summed E-state index contributed by atoms with van der Waals surface area (Å²) < 4.78 is 0. The van der Waals surface area contributed by atoms with Gasteiger partial charge < -0.3 is 10.2 Å². The maximum absolute atomic E-state index is 11.7. The van der Waals surface area contributed by atoms with Gasteiger partial charge in [-0.15, -0.1) is 0 Å². The number of aromatic nitrogens is 1. The van der Waals surface area contributed by atoms with Gasteiger partial charge in [-0.05, 0) is 31.4 Å². The zero-order valence-corrected chi connectivity index (χ0v) is 11.9. The van der Waals surface area contributed by atoms with E-state index in [2.05, 4.69) is 31.1 Å². The molecule has 1 aromatic rings. The number of carbonyl (C=O) groups is 1. The fourth-order valence-electron chi connectivity index (χ4n) is 1.88. The number of hydrogen-bond donors (Lipinski definition) is 1. The van der Waals surface area contributed by atoms with Crippen molar-refractivity contribution in [2.45, 2.75) is 33.2 Å². The number of nitrogens with zero attached hydrogens (tertiary/aromatic N) is 2. The first kappa shape index (κ1) is 14.5. The highest BCUT2D eigenvalue weighted by atomic mass is 16.2. The van der Waals surface area contributed by atoms with Gasteiger partial charge in [0.2, 0.25) is 0 Å². The highest BCUT2D eigenvalue weighted by Crippen LogP contribution is 2.11. The highest BCUT2D eigenvalue weighted by Gasteiger charge is 2.09. The van der Waals surface area contributed by atoms with E-state index >= 15 is 0 Å². The molecule has 0 saturated heterocycles. The number of carbonyl (C=O) groups excluding carboxylic acids is 1. The molecule has 0 aliphatic rings. The molecule has 100 valence electrons. The molecule has 18 heavy (non-hydrogen) atoms. The molecule has 0 aromatic carbocycles. The third-order valence-electron chi connectivity index (χ3n) is 2.64. The van der Waals surface area contributed by atoms with Crippen molar-refractivity contribution in [1.29, 1.82) is 0 Å². The van der Waals surface area contributed by atoms with Gasteiger partial charge in [0.15, 0.2) is 0 Å². The van der Waals surface area contributed by atoms with Crippen molar-refractivity contribution in [1.82, 2.24) is 9.88 Å². The first-order valence-corrected chi connectivity index (χ1v) is 6.34. The Morgan fingerprint density at radius 3 is 2.44 bits per heavy atom. The molecule has 0 radical (unpaired) electrons. The van der Waals surface area contributed by atoms with Crippen LogP contribution in [0.25, 0.3) is 0 Å². The molecule has 1 aromatic heterocycles. The Balaban J connectivity index is 2.63. The standard InChI is InChI=1S/C14H23N3O/c1-10(2)8-11(3)16-13-7-6-12(9-15-13)14(18)17(4)5/h6-7,9-11H,8H2,1-5H3,(H,15,16). The molecule has 4 nitrogen and oxygen atoms in total. The summed E-state index contributed by atoms with van der Waals surface area (Å²) in [7, 11) is 3.47. The Bertz CT molecular complexity index is 385. The van der Waals surface area contributed by atoms with Crippen LogP contribution in [0.1, 0.15) is 37.6 Å². The molecule has 4 heteroatoms. The molecule has 1 unspecified atom stereocenters. The third-order valence-corrected chi connectivity index (χ3v) is 2.64. The van der Waals surface area contributed by atoms with Crippen LogP contribution in [0.3, 0.4) is 0 Å². The smallest absolute Gasteiger partial charge is 0.254 e. The van der Waals surface area contributed by atoms with Crippen LogP contribution in [0.4, 0.5) is 5.82 Å². The van der Waals surface area contributed by atoms with Gasteiger partial charge in [-0.25, -0.2) is 4.98 Å². The van der Waals surface area contributed by atoms with Crippen LogP contribution in [-0.4, -0.2) is 35.9 Å². The van der Waals surface area contributed by atoms with E-state index in [-0.39, 0.29) is 5.91 Å². The molecule has 0 fully saturated rings. The third kappa shape index (κ3) is 4.35. The summed E-state index contributed by atoms with van der Waals surface area (Å²) in [5, 5.41) is 3.33. The predicted octanol–water partition coefficient (Wildman–Crippen LogP) is 2.63. The molecular formula is C14H23N3O. The molecule has 0 spiro atoms. The van der Waals surface area contributed by atoms with Crippen LogP contribution in [0, 0.1) is 5.92 Å². The lowest BCUT2D eigenvalue weighted by molar-refractivity contribution is 0.0827. The van der Waals surface area contributed by atoms with Crippen molar-refractivity contribution in [3.05, 3.63) is 23.9 Å². The first-order valence-electron chi connectivity index (χ1n) is 6.34. The number of hydrogen-bond acceptors (Lipinski definition) is 3. The fraction of sp³-hybridized carbons (Fsp3) is 0.571. The molecule has 0 aliphatic carbocycles. The van der Waals surface area contributed by atoms with Gasteiger partial charge in [0.25, 0.3) is 5.91 Å². The average molecular weight is 249 g/mol. The second-order valence-electron chi connectivity index (χ2n) is 5.31. The van der Waals surface area contributed by atoms with Crippen LogP contribution >= 0.6 is 0 Å². The summed E-state index contributed by atoms with van der Waals surface area (Å²) in [5.74, 6) is 1.45. The lowest BCUT2D eigenvalue weighted by atomic mass is 10.1. The van der Waals surface area contributed by atoms with Crippen molar-refractivity contribution < 1.29 is 4.79 Å². The summed E-state index contributed by atoms with van der Waals surface area (Å²) in [6, 6.07) is 4.04. The van der Waals surface area contributed by atoms with Crippen molar-refractivity contribution in [2.75, 3.05) is 19.4 Å². The summed E-state index contributed by atoms with van der Waals surface area (Å²) in [5.41, 5.74) is 0.613. The van der Waals surface area contributed by atoms with E-state index in [0.29, 0.717) is 17.5 Å². The fourth-order valence-corrected chi connectivity index (χ4v) is 1.88. The van der Waals surface area contributed by atoms with E-state index < -0.39 is 0 Å². The van der Waals surface area contributed by atoms with Gasteiger partial charge in [0.1, 0.15) is 5.82 Å². The van der Waals surface area contributed by atoms with Gasteiger partial charge in [-0.2, -0.15) is 0 Å². The van der Waals surface area contributed by atoms with Crippen LogP contribution in [-0.2, 0) is 0 Å². The first-order chi connectivity index (χ1) is 8.40. The van der Waals surface area contributed by atoms with E-state index in [1.54, 1.807) is 31.3 Å². The summed E-state index contributed by atoms with van der Waals surface area (Å²) in [4.78, 5) is 17.5. The van der Waals surface area contributed by atoms with Gasteiger partial charge in [0, 0.05) is 26.3 Å². The molecule has 0 saturated carbocycles. The second kappa shape index (κ2) is 6.38. The molecule has 1 amide bonds. The monoisotopic (exact) mass is 249 g/mol. The minimum atomic E-state index is -0.0238. The molecule has 0 aliphatic heterocycles. The largest absolute Gasteiger partial charge is 0.368 e. The SMILES string of the molecule is CC(C)CC(C)Nc1ccc(C(=O)N(C)C)cn1. The minimum Gasteiger partial charge on any atom is -0.368 e. The number of rotatable bonds is 5. The zero-order valence-electron chi connectivity index (χ0n) is 11.9. The molecule has 1 atom stereocenters. The van der Waals surface area contributed by atoms with Gasteiger partial charge >= 0.3 is 0 Å². The van der Waals surface area contributed by atoms with Gasteiger partial charge in [-0.1, -0.05) is 13.8 Å². The number of nitrogens with one attached hydrogen (secondary N) is 1. The topological polar surface area (TPSA) is 45.2 Å². The van der Waals surface area contributed by atoms with Crippen molar-refractivity contribution in [3.63, 3.8) is 0 Å². The van der Waals surface area contributed by atoms with Gasteiger partial charge in [-0.3, -0.25) is 4.79 Å². The van der Waals surface area contributed by atoms with E-state index in [0.717, 1.165) is 12.2 Å². The Morgan fingerprint density at radius 2 is 2.00 bits per heavy atom. The van der Waals surface area contributed by atoms with Crippen LogP contribution in [0.15, 0.2) is 18.3 Å². The number of anilines is 1. The van der Waals surface area contributed by atoms with Crippen LogP contribution < -0.4 is 5.32 Å². The molecule has 1 N–H and O–H groups in total. The lowest BCUT2D eigenvalue weighted by Gasteiger charge is -2.16. The predicted molar refractivity (Wildman–Crippen MR) is 74.8 cm³/mol. The quantitative estimate of drug-likeness (QED) is 0.872. The Hall–Kier alpha value is -1.58. The Kier molecular flexibility index (Phi) is 5.13. The van der Waals surface area contributed by atoms with Crippen LogP contribution in [0.5, 0.6) is 0 Å². The average Bonchev–Trinajstić information content (AvgIpc) is 2.27. The summed E-state index contributed by atoms with van der Waals surface area (Å²) >= 11 is 0. The molecule has 1 heterocycles. The van der Waals surface area contributed by atoms with E-state index in [1.807, 2.05) is 6.07 Å². The van der Waals surface area contributed by atoms with Gasteiger partial charge in [0.05, 0.1) is 5.56 Å². The molecule has 0 bridgehead atoms. The van der Waals surface area contributed by atoms with Crippen molar-refractivity contribution in [3.8, 4) is 0 Å². The number of amides is 1.